The normalized spacial score (nSPS) is 10.6. The molecule has 10 rings (SSSR count). The zero-order valence-corrected chi connectivity index (χ0v) is 40.7. The molecule has 70 heavy (non-hydrogen) atoms. The molecule has 7 N–H and O–H groups in total. The molecule has 0 amide bonds. The molecule has 0 aliphatic carbocycles. The second-order valence-corrected chi connectivity index (χ2v) is 15.8. The summed E-state index contributed by atoms with van der Waals surface area (Å²) >= 11 is 5.85. The summed E-state index contributed by atoms with van der Waals surface area (Å²) in [5.41, 5.74) is 11.0. The van der Waals surface area contributed by atoms with Gasteiger partial charge in [-0.1, -0.05) is 35.9 Å². The van der Waals surface area contributed by atoms with E-state index in [4.69, 9.17) is 45.8 Å². The van der Waals surface area contributed by atoms with E-state index in [2.05, 4.69) is 31.0 Å². The lowest BCUT2D eigenvalue weighted by atomic mass is 10.1. The van der Waals surface area contributed by atoms with Crippen LogP contribution in [0.5, 0.6) is 34.5 Å². The molecule has 0 aliphatic rings. The lowest BCUT2D eigenvalue weighted by Gasteiger charge is -2.08. The van der Waals surface area contributed by atoms with Gasteiger partial charge in [-0.15, -0.1) is 0 Å². The topological polar surface area (TPSA) is 152 Å². The zero-order valence-electron chi connectivity index (χ0n) is 39.9. The molecule has 0 atom stereocenters. The van der Waals surface area contributed by atoms with Crippen LogP contribution in [0.4, 0.5) is 19.0 Å². The van der Waals surface area contributed by atoms with Crippen molar-refractivity contribution in [2.75, 3.05) is 48.4 Å². The maximum atomic E-state index is 12.8. The number of hydrogen-bond donors (Lipinski definition) is 1. The Hall–Kier alpha value is -8.17. The van der Waals surface area contributed by atoms with Crippen LogP contribution in [-0.2, 0) is 6.18 Å². The van der Waals surface area contributed by atoms with Crippen LogP contribution in [0.15, 0.2) is 146 Å². The summed E-state index contributed by atoms with van der Waals surface area (Å²) < 4.78 is 69.6. The fourth-order valence-corrected chi connectivity index (χ4v) is 7.62. The molecule has 0 saturated carbocycles. The summed E-state index contributed by atoms with van der Waals surface area (Å²) in [7, 11) is 9.74. The summed E-state index contributed by atoms with van der Waals surface area (Å²) in [6.07, 6.45) is 1.17. The SMILES string of the molecule is COc1cc(C)[nH+]c2c(C(F)(F)F)cccc12.COc1cc(N)[nH+]c2cc(C)ccc12.COc1cc[nH+]c2cc(Cl)ccc12.COc1cc[nH+]c2ccccc12.COc1ccc2c(OC)cc[nH+]c2c1. The van der Waals surface area contributed by atoms with Crippen molar-refractivity contribution in [3.05, 3.63) is 168 Å². The number of anilines is 1. The number of nitrogens with two attached hydrogens (primary N) is 1. The highest BCUT2D eigenvalue weighted by Gasteiger charge is 2.36. The standard InChI is InChI=1S/C12H10F3NO.C11H12N2O.C11H11NO2.C10H8ClNO.C10H9NO/c1-7-6-10(17-2)8-4-3-5-9(11(8)16-7)12(13,14)15;1-7-3-4-8-9(5-7)13-11(12)6-10(8)14-2;1-13-8-3-4-9-10(7-8)12-6-5-11(9)14-2;1-13-10-4-5-12-9-6-7(11)2-3-8(9)10;1-12-10-6-7-11-9-5-3-2-4-8(9)10/h3-6H,1-2H3;3-6H,1-2H3,(H2,12,13);3-7H,1-2H3;2-6H,1H3;2-7H,1H3/p+5. The molecule has 0 radical (unpaired) electrons. The van der Waals surface area contributed by atoms with Crippen molar-refractivity contribution in [1.82, 2.24) is 0 Å². The number of methoxy groups -OCH3 is 6. The molecule has 0 fully saturated rings. The number of H-pyrrole nitrogens is 5. The number of hydrogen-bond acceptors (Lipinski definition) is 7. The number of aryl methyl sites for hydroxylation is 2. The number of benzene rings is 5. The van der Waals surface area contributed by atoms with Gasteiger partial charge in [0, 0.05) is 48.3 Å². The molecular formula is C54H55ClF3N6O6+5. The molecule has 0 unspecified atom stereocenters. The Morgan fingerprint density at radius 1 is 0.457 bits per heavy atom. The molecule has 5 heterocycles. The van der Waals surface area contributed by atoms with Gasteiger partial charge in [0.25, 0.3) is 5.82 Å². The van der Waals surface area contributed by atoms with E-state index in [0.29, 0.717) is 22.6 Å². The molecule has 5 aromatic heterocycles. The fraction of sp³-hybridized carbons (Fsp3) is 0.167. The number of rotatable bonds is 6. The fourth-order valence-electron chi connectivity index (χ4n) is 7.44. The molecule has 360 valence electrons. The molecule has 0 saturated heterocycles. The number of nitrogens with one attached hydrogen (secondary N) is 5. The molecule has 5 aromatic carbocycles. The third-order valence-corrected chi connectivity index (χ3v) is 11.0. The van der Waals surface area contributed by atoms with Crippen molar-refractivity contribution in [3.63, 3.8) is 0 Å². The van der Waals surface area contributed by atoms with Gasteiger partial charge >= 0.3 is 6.18 Å². The predicted octanol–water partition coefficient (Wildman–Crippen LogP) is 10.2. The van der Waals surface area contributed by atoms with Crippen LogP contribution in [0.25, 0.3) is 54.5 Å². The van der Waals surface area contributed by atoms with E-state index < -0.39 is 11.7 Å². The molecule has 16 heteroatoms. The lowest BCUT2D eigenvalue weighted by molar-refractivity contribution is -0.357. The first kappa shape index (κ1) is 51.2. The highest BCUT2D eigenvalue weighted by Crippen LogP contribution is 2.35. The minimum absolute atomic E-state index is 0.0526. The maximum absolute atomic E-state index is 12.8. The van der Waals surface area contributed by atoms with E-state index in [0.717, 1.165) is 83.4 Å². The van der Waals surface area contributed by atoms with Crippen LogP contribution < -0.4 is 59.1 Å². The number of nitrogen functional groups attached to an aromatic ring is 1. The minimum Gasteiger partial charge on any atom is -0.497 e. The van der Waals surface area contributed by atoms with Crippen molar-refractivity contribution in [1.29, 1.82) is 0 Å². The quantitative estimate of drug-likeness (QED) is 0.174. The summed E-state index contributed by atoms with van der Waals surface area (Å²) in [6, 6.07) is 38.9. The number of para-hydroxylation sites is 2. The van der Waals surface area contributed by atoms with Gasteiger partial charge in [-0.2, -0.15) is 13.2 Å². The molecule has 0 bridgehead atoms. The van der Waals surface area contributed by atoms with E-state index >= 15 is 0 Å². The van der Waals surface area contributed by atoms with Crippen molar-refractivity contribution in [2.45, 2.75) is 20.0 Å². The van der Waals surface area contributed by atoms with Crippen molar-refractivity contribution in [3.8, 4) is 34.5 Å². The van der Waals surface area contributed by atoms with E-state index in [9.17, 15) is 13.2 Å². The smallest absolute Gasteiger partial charge is 0.422 e. The number of ether oxygens (including phenoxy) is 6. The Balaban J connectivity index is 0.000000144. The second-order valence-electron chi connectivity index (χ2n) is 15.4. The van der Waals surface area contributed by atoms with Crippen LogP contribution >= 0.6 is 11.6 Å². The first-order valence-electron chi connectivity index (χ1n) is 21.6. The molecule has 12 nitrogen and oxygen atoms in total. The summed E-state index contributed by atoms with van der Waals surface area (Å²) in [6.45, 7) is 3.73. The van der Waals surface area contributed by atoms with Crippen LogP contribution in [0.2, 0.25) is 5.02 Å². The van der Waals surface area contributed by atoms with Gasteiger partial charge in [-0.3, -0.25) is 5.73 Å². The van der Waals surface area contributed by atoms with Crippen LogP contribution in [0.1, 0.15) is 16.8 Å². The van der Waals surface area contributed by atoms with Gasteiger partial charge in [0.2, 0.25) is 22.1 Å². The number of pyridine rings is 5. The van der Waals surface area contributed by atoms with Crippen molar-refractivity contribution < 1.29 is 66.5 Å². The van der Waals surface area contributed by atoms with E-state index in [-0.39, 0.29) is 5.52 Å². The summed E-state index contributed by atoms with van der Waals surface area (Å²) in [5.74, 6) is 5.30. The van der Waals surface area contributed by atoms with Crippen molar-refractivity contribution >= 4 is 71.9 Å². The Morgan fingerprint density at radius 2 is 0.971 bits per heavy atom. The maximum Gasteiger partial charge on any atom is 0.422 e. The van der Waals surface area contributed by atoms with Crippen LogP contribution in [0, 0.1) is 13.8 Å². The Labute approximate surface area is 407 Å². The highest BCUT2D eigenvalue weighted by molar-refractivity contribution is 6.31. The van der Waals surface area contributed by atoms with Crippen LogP contribution in [-0.4, -0.2) is 42.7 Å². The second kappa shape index (κ2) is 23.7. The van der Waals surface area contributed by atoms with Crippen molar-refractivity contribution in [2.24, 2.45) is 0 Å². The van der Waals surface area contributed by atoms with E-state index in [1.54, 1.807) is 60.7 Å². The number of aromatic amines is 5. The van der Waals surface area contributed by atoms with E-state index in [1.807, 2.05) is 117 Å². The first-order chi connectivity index (χ1) is 33.7. The minimum atomic E-state index is -4.38. The highest BCUT2D eigenvalue weighted by atomic mass is 35.5. The average Bonchev–Trinajstić information content (AvgIpc) is 3.37. The van der Waals surface area contributed by atoms with E-state index in [1.165, 1.54) is 18.7 Å². The number of aromatic nitrogens is 5. The largest absolute Gasteiger partial charge is 0.497 e. The van der Waals surface area contributed by atoms with Gasteiger partial charge in [-0.05, 0) is 67.1 Å². The Kier molecular flexibility index (Phi) is 17.4. The molecular weight excluding hydrogens is 921 g/mol. The van der Waals surface area contributed by atoms with Gasteiger partial charge in [0.05, 0.1) is 81.7 Å². The summed E-state index contributed by atoms with van der Waals surface area (Å²) in [4.78, 5) is 15.2. The molecule has 0 aliphatic heterocycles. The lowest BCUT2D eigenvalue weighted by Crippen LogP contribution is -2.16. The third-order valence-electron chi connectivity index (χ3n) is 10.8. The predicted molar refractivity (Wildman–Crippen MR) is 266 cm³/mol. The number of fused-ring (bicyclic) bond motifs is 5. The van der Waals surface area contributed by atoms with Gasteiger partial charge in [-0.25, -0.2) is 24.9 Å². The number of halogens is 4. The van der Waals surface area contributed by atoms with Gasteiger partial charge in [0.1, 0.15) is 45.6 Å². The van der Waals surface area contributed by atoms with Gasteiger partial charge in [0.15, 0.2) is 24.3 Å². The van der Waals surface area contributed by atoms with Gasteiger partial charge < -0.3 is 28.4 Å². The monoisotopic (exact) mass is 975 g/mol. The Morgan fingerprint density at radius 3 is 1.57 bits per heavy atom. The summed E-state index contributed by atoms with van der Waals surface area (Å²) in [5, 5.41) is 5.39. The van der Waals surface area contributed by atoms with Crippen LogP contribution in [0.3, 0.4) is 0 Å². The third kappa shape index (κ3) is 12.7. The molecule has 10 aromatic rings. The molecule has 0 spiro atoms. The first-order valence-corrected chi connectivity index (χ1v) is 22.0. The zero-order chi connectivity index (χ0) is 50.4. The average molecular weight is 977 g/mol. The number of alkyl halides is 3. The Bertz CT molecular complexity index is 3370.